The number of nitrogens with zero attached hydrogens (tertiary/aromatic N) is 2. The molecule has 4 nitrogen and oxygen atoms in total. The van der Waals surface area contributed by atoms with Crippen LogP contribution in [-0.2, 0) is 0 Å². The highest BCUT2D eigenvalue weighted by Crippen LogP contribution is 2.27. The van der Waals surface area contributed by atoms with E-state index in [1.54, 1.807) is 25.7 Å². The first-order chi connectivity index (χ1) is 12.3. The van der Waals surface area contributed by atoms with Gasteiger partial charge in [-0.3, -0.25) is 4.98 Å². The first-order valence-electron chi connectivity index (χ1n) is 7.94. The van der Waals surface area contributed by atoms with Gasteiger partial charge in [-0.05, 0) is 47.5 Å². The second kappa shape index (κ2) is 6.61. The Morgan fingerprint density at radius 2 is 1.80 bits per heavy atom. The van der Waals surface area contributed by atoms with Gasteiger partial charge < -0.3 is 9.15 Å². The molecule has 0 aliphatic rings. The molecule has 0 aliphatic carbocycles. The van der Waals surface area contributed by atoms with E-state index < -0.39 is 0 Å². The fourth-order valence-corrected chi connectivity index (χ4v) is 2.60. The van der Waals surface area contributed by atoms with E-state index in [1.165, 1.54) is 0 Å². The van der Waals surface area contributed by atoms with Crippen molar-refractivity contribution < 1.29 is 9.15 Å². The topological polar surface area (TPSA) is 48.2 Å². The Bertz CT molecular complexity index is 1020. The summed E-state index contributed by atoms with van der Waals surface area (Å²) in [6, 6.07) is 15.8. The highest BCUT2D eigenvalue weighted by Gasteiger charge is 2.07. The number of methoxy groups -OCH3 is 1. The number of aromatic nitrogens is 2. The molecule has 25 heavy (non-hydrogen) atoms. The molecule has 0 amide bonds. The van der Waals surface area contributed by atoms with Crippen molar-refractivity contribution in [2.75, 3.05) is 7.11 Å². The number of benzene rings is 1. The van der Waals surface area contributed by atoms with E-state index in [0.717, 1.165) is 33.6 Å². The van der Waals surface area contributed by atoms with Gasteiger partial charge in [-0.25, -0.2) is 4.98 Å². The lowest BCUT2D eigenvalue weighted by Crippen LogP contribution is -1.81. The molecule has 0 radical (unpaired) electrons. The first kappa shape index (κ1) is 15.1. The maximum atomic E-state index is 5.81. The minimum atomic E-state index is 0.625. The van der Waals surface area contributed by atoms with Crippen LogP contribution < -0.4 is 4.74 Å². The molecular formula is C21H16N2O2. The maximum absolute atomic E-state index is 5.81. The Balaban J connectivity index is 1.61. The van der Waals surface area contributed by atoms with E-state index in [1.807, 2.05) is 54.6 Å². The Hall–Kier alpha value is -3.40. The average Bonchev–Trinajstić information content (AvgIpc) is 3.11. The van der Waals surface area contributed by atoms with Crippen LogP contribution >= 0.6 is 0 Å². The second-order valence-corrected chi connectivity index (χ2v) is 5.62. The second-order valence-electron chi connectivity index (χ2n) is 5.62. The predicted molar refractivity (Wildman–Crippen MR) is 99.2 cm³/mol. The molecule has 0 fully saturated rings. The van der Waals surface area contributed by atoms with Crippen molar-refractivity contribution >= 4 is 23.3 Å². The molecule has 4 heteroatoms. The van der Waals surface area contributed by atoms with Gasteiger partial charge in [0.1, 0.15) is 11.5 Å². The van der Waals surface area contributed by atoms with E-state index in [9.17, 15) is 0 Å². The first-order valence-corrected chi connectivity index (χ1v) is 7.94. The lowest BCUT2D eigenvalue weighted by atomic mass is 10.1. The summed E-state index contributed by atoms with van der Waals surface area (Å²) in [5.74, 6) is 1.62. The molecule has 122 valence electrons. The van der Waals surface area contributed by atoms with Gasteiger partial charge >= 0.3 is 0 Å². The largest absolute Gasteiger partial charge is 0.497 e. The zero-order valence-electron chi connectivity index (χ0n) is 13.7. The van der Waals surface area contributed by atoms with Gasteiger partial charge in [0.05, 0.1) is 7.11 Å². The molecule has 0 bridgehead atoms. The van der Waals surface area contributed by atoms with Gasteiger partial charge in [-0.2, -0.15) is 0 Å². The highest BCUT2D eigenvalue weighted by atomic mass is 16.5. The molecule has 0 atom stereocenters. The van der Waals surface area contributed by atoms with E-state index in [0.29, 0.717) is 5.71 Å². The summed E-state index contributed by atoms with van der Waals surface area (Å²) < 4.78 is 11.0. The Kier molecular flexibility index (Phi) is 4.01. The number of ether oxygens (including phenoxy) is 1. The number of hydrogen-bond acceptors (Lipinski definition) is 4. The van der Waals surface area contributed by atoms with Crippen molar-refractivity contribution in [1.29, 1.82) is 0 Å². The van der Waals surface area contributed by atoms with Crippen molar-refractivity contribution in [2.24, 2.45) is 0 Å². The number of rotatable bonds is 4. The molecule has 0 N–H and O–H groups in total. The van der Waals surface area contributed by atoms with Gasteiger partial charge in [0.25, 0.3) is 0 Å². The SMILES string of the molecule is COc1ccc(/C=C/c2cnc3oc(-c4cccnc4)cc3c2)cc1. The van der Waals surface area contributed by atoms with Gasteiger partial charge in [-0.1, -0.05) is 24.3 Å². The molecular weight excluding hydrogens is 312 g/mol. The minimum absolute atomic E-state index is 0.625. The molecule has 1 aromatic carbocycles. The fraction of sp³-hybridized carbons (Fsp3) is 0.0476. The van der Waals surface area contributed by atoms with E-state index in [2.05, 4.69) is 16.0 Å². The highest BCUT2D eigenvalue weighted by molar-refractivity contribution is 5.83. The zero-order valence-corrected chi connectivity index (χ0v) is 13.7. The maximum Gasteiger partial charge on any atom is 0.226 e. The Labute approximate surface area is 145 Å². The smallest absolute Gasteiger partial charge is 0.226 e. The molecule has 0 aliphatic heterocycles. The molecule has 3 heterocycles. The molecule has 0 unspecified atom stereocenters. The Morgan fingerprint density at radius 1 is 0.960 bits per heavy atom. The van der Waals surface area contributed by atoms with Crippen molar-refractivity contribution in [3.05, 3.63) is 78.2 Å². The third-order valence-corrected chi connectivity index (χ3v) is 3.92. The van der Waals surface area contributed by atoms with Crippen LogP contribution in [0.5, 0.6) is 5.75 Å². The number of furan rings is 1. The fourth-order valence-electron chi connectivity index (χ4n) is 2.60. The monoisotopic (exact) mass is 328 g/mol. The van der Waals surface area contributed by atoms with Gasteiger partial charge in [0.2, 0.25) is 5.71 Å². The van der Waals surface area contributed by atoms with Crippen LogP contribution in [0.4, 0.5) is 0 Å². The van der Waals surface area contributed by atoms with Crippen molar-refractivity contribution in [2.45, 2.75) is 0 Å². The van der Waals surface area contributed by atoms with Crippen LogP contribution in [0.3, 0.4) is 0 Å². The molecule has 3 aromatic heterocycles. The predicted octanol–water partition coefficient (Wildman–Crippen LogP) is 5.07. The van der Waals surface area contributed by atoms with Crippen LogP contribution in [0.25, 0.3) is 34.6 Å². The van der Waals surface area contributed by atoms with Crippen LogP contribution in [0.2, 0.25) is 0 Å². The van der Waals surface area contributed by atoms with Gasteiger partial charge in [0.15, 0.2) is 0 Å². The number of pyridine rings is 2. The number of hydrogen-bond donors (Lipinski definition) is 0. The molecule has 0 spiro atoms. The molecule has 0 saturated carbocycles. The third kappa shape index (κ3) is 3.28. The average molecular weight is 328 g/mol. The molecule has 0 saturated heterocycles. The Morgan fingerprint density at radius 3 is 2.56 bits per heavy atom. The molecule has 4 rings (SSSR count). The summed E-state index contributed by atoms with van der Waals surface area (Å²) in [5, 5.41) is 0.968. The van der Waals surface area contributed by atoms with Gasteiger partial charge in [0, 0.05) is 29.5 Å². The summed E-state index contributed by atoms with van der Waals surface area (Å²) in [6.07, 6.45) is 9.41. The van der Waals surface area contributed by atoms with Crippen LogP contribution in [-0.4, -0.2) is 17.1 Å². The lowest BCUT2D eigenvalue weighted by Gasteiger charge is -1.99. The molecule has 4 aromatic rings. The lowest BCUT2D eigenvalue weighted by molar-refractivity contribution is 0.415. The zero-order chi connectivity index (χ0) is 17.1. The third-order valence-electron chi connectivity index (χ3n) is 3.92. The van der Waals surface area contributed by atoms with E-state index in [4.69, 9.17) is 9.15 Å². The standard InChI is InChI=1S/C21H16N2O2/c1-24-19-8-6-15(7-9-19)4-5-16-11-18-12-20(25-21(18)23-13-16)17-3-2-10-22-14-17/h2-14H,1H3/b5-4+. The van der Waals surface area contributed by atoms with Crippen LogP contribution in [0.1, 0.15) is 11.1 Å². The van der Waals surface area contributed by atoms with Crippen molar-refractivity contribution in [3.8, 4) is 17.1 Å². The van der Waals surface area contributed by atoms with Crippen molar-refractivity contribution in [1.82, 2.24) is 9.97 Å². The summed E-state index contributed by atoms with van der Waals surface area (Å²) in [4.78, 5) is 8.53. The minimum Gasteiger partial charge on any atom is -0.497 e. The summed E-state index contributed by atoms with van der Waals surface area (Å²) >= 11 is 0. The quantitative estimate of drug-likeness (QED) is 0.525. The summed E-state index contributed by atoms with van der Waals surface area (Å²) in [5.41, 5.74) is 3.68. The van der Waals surface area contributed by atoms with Crippen LogP contribution in [0, 0.1) is 0 Å². The van der Waals surface area contributed by atoms with E-state index >= 15 is 0 Å². The summed E-state index contributed by atoms with van der Waals surface area (Å²) in [6.45, 7) is 0. The van der Waals surface area contributed by atoms with Gasteiger partial charge in [-0.15, -0.1) is 0 Å². The van der Waals surface area contributed by atoms with E-state index in [-0.39, 0.29) is 0 Å². The van der Waals surface area contributed by atoms with Crippen LogP contribution in [0.15, 0.2) is 71.5 Å². The number of fused-ring (bicyclic) bond motifs is 1. The summed E-state index contributed by atoms with van der Waals surface area (Å²) in [7, 11) is 1.66. The normalized spacial score (nSPS) is 11.2. The van der Waals surface area contributed by atoms with Crippen molar-refractivity contribution in [3.63, 3.8) is 0 Å².